The van der Waals surface area contributed by atoms with Crippen molar-refractivity contribution < 1.29 is 28.8 Å². The topological polar surface area (TPSA) is 98.1 Å². The molecule has 0 saturated heterocycles. The van der Waals surface area contributed by atoms with E-state index in [1.807, 2.05) is 0 Å². The number of benzene rings is 1. The lowest BCUT2D eigenvalue weighted by Crippen LogP contribution is -2.12. The van der Waals surface area contributed by atoms with Crippen molar-refractivity contribution in [3.05, 3.63) is 41.1 Å². The maximum absolute atomic E-state index is 11.9. The Hall–Kier alpha value is -2.52. The third-order valence-corrected chi connectivity index (χ3v) is 4.58. The van der Waals surface area contributed by atoms with E-state index in [0.29, 0.717) is 28.4 Å². The molecule has 1 unspecified atom stereocenters. The van der Waals surface area contributed by atoms with Crippen LogP contribution < -0.4 is 19.6 Å². The van der Waals surface area contributed by atoms with Crippen LogP contribution in [0.2, 0.25) is 0 Å². The molecule has 2 rings (SSSR count). The molecule has 0 amide bonds. The second-order valence-electron chi connectivity index (χ2n) is 5.40. The van der Waals surface area contributed by atoms with Gasteiger partial charge in [0.25, 0.3) is 0 Å². The third-order valence-electron chi connectivity index (χ3n) is 3.50. The molecule has 0 saturated carbocycles. The van der Waals surface area contributed by atoms with E-state index in [1.165, 1.54) is 34.1 Å². The van der Waals surface area contributed by atoms with E-state index < -0.39 is 7.37 Å². The predicted molar refractivity (Wildman–Crippen MR) is 97.6 cm³/mol. The number of rotatable bonds is 5. The van der Waals surface area contributed by atoms with Gasteiger partial charge in [0.2, 0.25) is 7.37 Å². The average Bonchev–Trinajstić information content (AvgIpc) is 2.64. The molecule has 2 N–H and O–H groups in total. The Morgan fingerprint density at radius 3 is 2.12 bits per heavy atom. The molecule has 0 aliphatic rings. The average molecular weight is 377 g/mol. The van der Waals surface area contributed by atoms with Crippen molar-refractivity contribution in [1.82, 2.24) is 4.98 Å². The summed E-state index contributed by atoms with van der Waals surface area (Å²) >= 11 is 0. The van der Waals surface area contributed by atoms with E-state index in [4.69, 9.17) is 14.2 Å². The van der Waals surface area contributed by atoms with Crippen LogP contribution in [0.5, 0.6) is 17.2 Å². The monoisotopic (exact) mass is 377 g/mol. The SMILES string of the molecule is COc1cc(OC)c(C#Cc2cc(CO)nc(P(C)(=O)O)c2)c(OC)c1. The zero-order chi connectivity index (χ0) is 19.3. The van der Waals surface area contributed by atoms with Crippen LogP contribution in [0.3, 0.4) is 0 Å². The molecule has 7 nitrogen and oxygen atoms in total. The lowest BCUT2D eigenvalue weighted by atomic mass is 10.1. The molecule has 0 aliphatic heterocycles. The van der Waals surface area contributed by atoms with Crippen LogP contribution in [0.4, 0.5) is 0 Å². The highest BCUT2D eigenvalue weighted by atomic mass is 31.2. The Balaban J connectivity index is 2.58. The second-order valence-corrected chi connectivity index (χ2v) is 7.62. The smallest absolute Gasteiger partial charge is 0.244 e. The third kappa shape index (κ3) is 4.55. The number of aliphatic hydroxyl groups excluding tert-OH is 1. The van der Waals surface area contributed by atoms with Crippen molar-refractivity contribution in [2.24, 2.45) is 0 Å². The van der Waals surface area contributed by atoms with E-state index >= 15 is 0 Å². The van der Waals surface area contributed by atoms with Crippen molar-refractivity contribution >= 4 is 12.8 Å². The van der Waals surface area contributed by atoms with Gasteiger partial charge < -0.3 is 24.2 Å². The van der Waals surface area contributed by atoms with E-state index in [9.17, 15) is 14.6 Å². The quantitative estimate of drug-likeness (QED) is 0.602. The Morgan fingerprint density at radius 1 is 1.04 bits per heavy atom. The van der Waals surface area contributed by atoms with Gasteiger partial charge in [0.05, 0.1) is 33.6 Å². The summed E-state index contributed by atoms with van der Waals surface area (Å²) in [6.45, 7) is 0.820. The van der Waals surface area contributed by atoms with E-state index in [-0.39, 0.29) is 17.7 Å². The van der Waals surface area contributed by atoms with Gasteiger partial charge >= 0.3 is 0 Å². The fourth-order valence-corrected chi connectivity index (χ4v) is 2.89. The minimum Gasteiger partial charge on any atom is -0.496 e. The molecule has 8 heteroatoms. The molecule has 0 fully saturated rings. The Kier molecular flexibility index (Phi) is 6.27. The fraction of sp³-hybridized carbons (Fsp3) is 0.278. The molecule has 0 radical (unpaired) electrons. The van der Waals surface area contributed by atoms with Gasteiger partial charge in [-0.25, -0.2) is 4.98 Å². The van der Waals surface area contributed by atoms with E-state index in [2.05, 4.69) is 16.8 Å². The molecule has 1 aromatic heterocycles. The maximum atomic E-state index is 11.9. The minimum atomic E-state index is -3.58. The second kappa shape index (κ2) is 8.24. The van der Waals surface area contributed by atoms with Crippen LogP contribution in [0.1, 0.15) is 16.8 Å². The number of hydrogen-bond donors (Lipinski definition) is 2. The lowest BCUT2D eigenvalue weighted by molar-refractivity contribution is 0.277. The van der Waals surface area contributed by atoms with Crippen molar-refractivity contribution in [2.75, 3.05) is 28.0 Å². The van der Waals surface area contributed by atoms with Crippen molar-refractivity contribution in [3.63, 3.8) is 0 Å². The first-order chi connectivity index (χ1) is 12.3. The zero-order valence-corrected chi connectivity index (χ0v) is 15.8. The molecule has 1 atom stereocenters. The highest BCUT2D eigenvalue weighted by Crippen LogP contribution is 2.34. The number of aliphatic hydroxyl groups is 1. The number of ether oxygens (including phenoxy) is 3. The first-order valence-corrected chi connectivity index (χ1v) is 9.67. The summed E-state index contributed by atoms with van der Waals surface area (Å²) in [5.41, 5.74) is 1.19. The Labute approximate surface area is 152 Å². The number of aromatic nitrogens is 1. The Bertz CT molecular complexity index is 885. The standard InChI is InChI=1S/C18H20NO6P/c1-23-14-9-16(24-2)15(17(10-14)25-3)6-5-12-7-13(11-20)19-18(8-12)26(4,21)22/h7-10,20H,11H2,1-4H3,(H,21,22). The summed E-state index contributed by atoms with van der Waals surface area (Å²) in [5, 5.41) is 9.32. The summed E-state index contributed by atoms with van der Waals surface area (Å²) in [7, 11) is 0.970. The normalized spacial score (nSPS) is 12.5. The summed E-state index contributed by atoms with van der Waals surface area (Å²) in [4.78, 5) is 13.7. The summed E-state index contributed by atoms with van der Waals surface area (Å²) in [6.07, 6.45) is 0. The van der Waals surface area contributed by atoms with Crippen molar-refractivity contribution in [2.45, 2.75) is 6.61 Å². The first kappa shape index (κ1) is 19.8. The molecule has 2 aromatic rings. The van der Waals surface area contributed by atoms with Gasteiger partial charge in [-0.3, -0.25) is 4.57 Å². The zero-order valence-electron chi connectivity index (χ0n) is 14.9. The molecule has 0 spiro atoms. The number of nitrogens with zero attached hydrogens (tertiary/aromatic N) is 1. The maximum Gasteiger partial charge on any atom is 0.244 e. The molecule has 26 heavy (non-hydrogen) atoms. The fourth-order valence-electron chi connectivity index (χ4n) is 2.20. The molecular weight excluding hydrogens is 357 g/mol. The minimum absolute atomic E-state index is 0.0120. The van der Waals surface area contributed by atoms with Crippen LogP contribution in [0.15, 0.2) is 24.3 Å². The number of hydrogen-bond acceptors (Lipinski definition) is 6. The molecule has 1 aromatic carbocycles. The lowest BCUT2D eigenvalue weighted by Gasteiger charge is -2.11. The van der Waals surface area contributed by atoms with Crippen LogP contribution in [-0.4, -0.2) is 43.0 Å². The summed E-state index contributed by atoms with van der Waals surface area (Å²) in [6, 6.07) is 6.33. The van der Waals surface area contributed by atoms with E-state index in [0.717, 1.165) is 0 Å². The highest BCUT2D eigenvalue weighted by molar-refractivity contribution is 7.65. The molecule has 138 valence electrons. The van der Waals surface area contributed by atoms with Gasteiger partial charge in [-0.05, 0) is 12.1 Å². The molecule has 0 aliphatic carbocycles. The van der Waals surface area contributed by atoms with Crippen molar-refractivity contribution in [3.8, 4) is 29.1 Å². The van der Waals surface area contributed by atoms with Gasteiger partial charge in [0.1, 0.15) is 28.2 Å². The molecule has 1 heterocycles. The van der Waals surface area contributed by atoms with Gasteiger partial charge in [0.15, 0.2) is 0 Å². The van der Waals surface area contributed by atoms with Gasteiger partial charge in [-0.1, -0.05) is 11.8 Å². The summed E-state index contributed by atoms with van der Waals surface area (Å²) < 4.78 is 27.8. The van der Waals surface area contributed by atoms with Crippen molar-refractivity contribution in [1.29, 1.82) is 0 Å². The largest absolute Gasteiger partial charge is 0.496 e. The van der Waals surface area contributed by atoms with Crippen LogP contribution in [0.25, 0.3) is 0 Å². The molecular formula is C18H20NO6P. The Morgan fingerprint density at radius 2 is 1.65 bits per heavy atom. The van der Waals surface area contributed by atoms with Gasteiger partial charge in [-0.2, -0.15) is 0 Å². The summed E-state index contributed by atoms with van der Waals surface area (Å²) in [5.74, 6) is 7.34. The van der Waals surface area contributed by atoms with Gasteiger partial charge in [-0.15, -0.1) is 0 Å². The van der Waals surface area contributed by atoms with E-state index in [1.54, 1.807) is 18.2 Å². The molecule has 0 bridgehead atoms. The first-order valence-electron chi connectivity index (χ1n) is 7.57. The number of methoxy groups -OCH3 is 3. The van der Waals surface area contributed by atoms with Gasteiger partial charge in [0, 0.05) is 24.4 Å². The predicted octanol–water partition coefficient (Wildman–Crippen LogP) is 1.52. The van der Waals surface area contributed by atoms with Crippen LogP contribution in [0, 0.1) is 11.8 Å². The number of pyridine rings is 1. The highest BCUT2D eigenvalue weighted by Gasteiger charge is 2.17. The van der Waals surface area contributed by atoms with Crippen LogP contribution >= 0.6 is 7.37 Å². The van der Waals surface area contributed by atoms with Crippen LogP contribution in [-0.2, 0) is 11.2 Å².